The summed E-state index contributed by atoms with van der Waals surface area (Å²) in [5, 5.41) is 7.78. The number of hydrogen-bond acceptors (Lipinski definition) is 2. The lowest BCUT2D eigenvalue weighted by Gasteiger charge is -2.21. The maximum atomic E-state index is 14.4. The van der Waals surface area contributed by atoms with Crippen molar-refractivity contribution >= 4 is 15.9 Å². The number of hydrogen-bond donors (Lipinski definition) is 1. The van der Waals surface area contributed by atoms with Crippen molar-refractivity contribution < 1.29 is 4.39 Å². The van der Waals surface area contributed by atoms with Crippen LogP contribution in [0.4, 0.5) is 4.39 Å². The lowest BCUT2D eigenvalue weighted by atomic mass is 10.0. The molecule has 114 valence electrons. The molecule has 0 amide bonds. The quantitative estimate of drug-likeness (QED) is 0.843. The van der Waals surface area contributed by atoms with E-state index >= 15 is 0 Å². The lowest BCUT2D eigenvalue weighted by Crippen LogP contribution is -2.27. The van der Waals surface area contributed by atoms with Crippen LogP contribution >= 0.6 is 15.9 Å². The van der Waals surface area contributed by atoms with E-state index in [1.807, 2.05) is 30.7 Å². The topological polar surface area (TPSA) is 29.9 Å². The van der Waals surface area contributed by atoms with Gasteiger partial charge in [-0.25, -0.2) is 4.39 Å². The molecule has 0 radical (unpaired) electrons. The number of halogens is 2. The molecular weight excluding hydrogens is 333 g/mol. The third-order valence-corrected chi connectivity index (χ3v) is 4.08. The lowest BCUT2D eigenvalue weighted by molar-refractivity contribution is 0.504. The van der Waals surface area contributed by atoms with Gasteiger partial charge in [0, 0.05) is 12.1 Å². The Kier molecular flexibility index (Phi) is 5.53. The van der Waals surface area contributed by atoms with E-state index in [-0.39, 0.29) is 11.9 Å². The maximum absolute atomic E-state index is 14.4. The Morgan fingerprint density at radius 2 is 2.14 bits per heavy atom. The van der Waals surface area contributed by atoms with E-state index in [1.54, 1.807) is 12.3 Å². The average molecular weight is 354 g/mol. The maximum Gasteiger partial charge on any atom is 0.128 e. The van der Waals surface area contributed by atoms with Crippen LogP contribution in [0.1, 0.15) is 43.1 Å². The molecule has 2 rings (SSSR count). The minimum atomic E-state index is -0.206. The Balaban J connectivity index is 2.49. The Hall–Kier alpha value is -1.20. The van der Waals surface area contributed by atoms with E-state index in [4.69, 9.17) is 0 Å². The van der Waals surface area contributed by atoms with E-state index in [0.717, 1.165) is 35.2 Å². The van der Waals surface area contributed by atoms with Crippen molar-refractivity contribution in [3.63, 3.8) is 0 Å². The molecule has 0 bridgehead atoms. The molecule has 0 saturated carbocycles. The summed E-state index contributed by atoms with van der Waals surface area (Å²) >= 11 is 3.54. The minimum absolute atomic E-state index is 0.181. The molecule has 0 saturated heterocycles. The summed E-state index contributed by atoms with van der Waals surface area (Å²) in [7, 11) is 0. The molecule has 1 atom stereocenters. The summed E-state index contributed by atoms with van der Waals surface area (Å²) in [5.41, 5.74) is 2.55. The van der Waals surface area contributed by atoms with Crippen LogP contribution in [0.25, 0.3) is 0 Å². The number of aromatic nitrogens is 2. The van der Waals surface area contributed by atoms with Crippen LogP contribution in [0.15, 0.2) is 28.9 Å². The van der Waals surface area contributed by atoms with E-state index in [2.05, 4.69) is 33.3 Å². The summed E-state index contributed by atoms with van der Waals surface area (Å²) < 4.78 is 17.2. The Morgan fingerprint density at radius 3 is 2.76 bits per heavy atom. The highest BCUT2D eigenvalue weighted by atomic mass is 79.9. The first-order chi connectivity index (χ1) is 10.1. The van der Waals surface area contributed by atoms with Crippen LogP contribution < -0.4 is 5.32 Å². The first kappa shape index (κ1) is 16.2. The summed E-state index contributed by atoms with van der Waals surface area (Å²) in [6, 6.07) is 5.18. The summed E-state index contributed by atoms with van der Waals surface area (Å²) in [6.45, 7) is 7.60. The smallest absolute Gasteiger partial charge is 0.128 e. The van der Waals surface area contributed by atoms with Crippen molar-refractivity contribution in [1.82, 2.24) is 15.1 Å². The summed E-state index contributed by atoms with van der Waals surface area (Å²) in [4.78, 5) is 0. The number of benzene rings is 1. The SMILES string of the molecule is CCCNC(c1ccc(C)cc1F)c1c(Br)cnn1CC. The van der Waals surface area contributed by atoms with Gasteiger partial charge in [-0.15, -0.1) is 0 Å². The first-order valence-corrected chi connectivity index (χ1v) is 8.08. The zero-order valence-corrected chi connectivity index (χ0v) is 14.2. The predicted octanol–water partition coefficient (Wildman–Crippen LogP) is 4.20. The van der Waals surface area contributed by atoms with Gasteiger partial charge in [0.15, 0.2) is 0 Å². The fourth-order valence-electron chi connectivity index (χ4n) is 2.42. The van der Waals surface area contributed by atoms with Gasteiger partial charge in [0.1, 0.15) is 5.82 Å². The van der Waals surface area contributed by atoms with Crippen LogP contribution in [-0.2, 0) is 6.54 Å². The van der Waals surface area contributed by atoms with E-state index in [9.17, 15) is 4.39 Å². The van der Waals surface area contributed by atoms with Gasteiger partial charge in [-0.05, 0) is 54.4 Å². The van der Waals surface area contributed by atoms with E-state index < -0.39 is 0 Å². The zero-order valence-electron chi connectivity index (χ0n) is 12.7. The molecule has 0 spiro atoms. The van der Waals surface area contributed by atoms with Crippen molar-refractivity contribution in [3.05, 3.63) is 51.5 Å². The van der Waals surface area contributed by atoms with Crippen LogP contribution in [0, 0.1) is 12.7 Å². The van der Waals surface area contributed by atoms with Crippen molar-refractivity contribution in [2.24, 2.45) is 0 Å². The standard InChI is InChI=1S/C16H21BrFN3/c1-4-8-19-15(12-7-6-11(3)9-14(12)18)16-13(17)10-20-21(16)5-2/h6-7,9-10,15,19H,4-5,8H2,1-3H3. The number of rotatable bonds is 6. The minimum Gasteiger partial charge on any atom is -0.305 e. The molecule has 1 unspecified atom stereocenters. The Morgan fingerprint density at radius 1 is 1.38 bits per heavy atom. The van der Waals surface area contributed by atoms with Gasteiger partial charge in [-0.2, -0.15) is 5.10 Å². The molecule has 1 heterocycles. The largest absolute Gasteiger partial charge is 0.305 e. The van der Waals surface area contributed by atoms with Crippen molar-refractivity contribution in [3.8, 4) is 0 Å². The molecule has 1 N–H and O–H groups in total. The molecule has 0 aliphatic carbocycles. The molecule has 1 aromatic carbocycles. The number of nitrogens with zero attached hydrogens (tertiary/aromatic N) is 2. The third-order valence-electron chi connectivity index (χ3n) is 3.47. The molecule has 0 aliphatic heterocycles. The van der Waals surface area contributed by atoms with E-state index in [1.165, 1.54) is 0 Å². The molecule has 21 heavy (non-hydrogen) atoms. The predicted molar refractivity (Wildman–Crippen MR) is 86.9 cm³/mol. The second-order valence-electron chi connectivity index (χ2n) is 5.11. The van der Waals surface area contributed by atoms with Gasteiger partial charge in [0.05, 0.1) is 22.4 Å². The van der Waals surface area contributed by atoms with Gasteiger partial charge < -0.3 is 5.32 Å². The molecule has 5 heteroatoms. The highest BCUT2D eigenvalue weighted by Crippen LogP contribution is 2.30. The van der Waals surface area contributed by atoms with Gasteiger partial charge in [0.2, 0.25) is 0 Å². The fraction of sp³-hybridized carbons (Fsp3) is 0.438. The third kappa shape index (κ3) is 3.52. The van der Waals surface area contributed by atoms with Crippen LogP contribution in [-0.4, -0.2) is 16.3 Å². The zero-order chi connectivity index (χ0) is 15.4. The van der Waals surface area contributed by atoms with Gasteiger partial charge in [-0.3, -0.25) is 4.68 Å². The van der Waals surface area contributed by atoms with Gasteiger partial charge >= 0.3 is 0 Å². The van der Waals surface area contributed by atoms with Gasteiger partial charge in [-0.1, -0.05) is 19.1 Å². The van der Waals surface area contributed by atoms with Crippen LogP contribution in [0.3, 0.4) is 0 Å². The van der Waals surface area contributed by atoms with Crippen LogP contribution in [0.2, 0.25) is 0 Å². The summed E-state index contributed by atoms with van der Waals surface area (Å²) in [5.74, 6) is -0.181. The van der Waals surface area contributed by atoms with Crippen molar-refractivity contribution in [1.29, 1.82) is 0 Å². The molecule has 1 aromatic heterocycles. The normalized spacial score (nSPS) is 12.6. The highest BCUT2D eigenvalue weighted by molar-refractivity contribution is 9.10. The second kappa shape index (κ2) is 7.18. The van der Waals surface area contributed by atoms with Crippen LogP contribution in [0.5, 0.6) is 0 Å². The Labute approximate surface area is 133 Å². The van der Waals surface area contributed by atoms with E-state index in [0.29, 0.717) is 5.56 Å². The average Bonchev–Trinajstić information content (AvgIpc) is 2.82. The number of nitrogens with one attached hydrogen (secondary N) is 1. The highest BCUT2D eigenvalue weighted by Gasteiger charge is 2.23. The number of aryl methyl sites for hydroxylation is 2. The monoisotopic (exact) mass is 353 g/mol. The fourth-order valence-corrected chi connectivity index (χ4v) is 2.94. The van der Waals surface area contributed by atoms with Crippen molar-refractivity contribution in [2.75, 3.05) is 6.54 Å². The van der Waals surface area contributed by atoms with Crippen molar-refractivity contribution in [2.45, 2.75) is 39.8 Å². The molecular formula is C16H21BrFN3. The molecule has 2 aromatic rings. The Bertz CT molecular complexity index is 610. The summed E-state index contributed by atoms with van der Waals surface area (Å²) in [6.07, 6.45) is 2.76. The molecule has 3 nitrogen and oxygen atoms in total. The van der Waals surface area contributed by atoms with Gasteiger partial charge in [0.25, 0.3) is 0 Å². The second-order valence-corrected chi connectivity index (χ2v) is 5.96. The molecule has 0 aliphatic rings. The first-order valence-electron chi connectivity index (χ1n) is 7.29. The molecule has 0 fully saturated rings.